The highest BCUT2D eigenvalue weighted by atomic mass is 32.2. The van der Waals surface area contributed by atoms with Crippen LogP contribution in [0.1, 0.15) is 43.9 Å². The molecule has 8 nitrogen and oxygen atoms in total. The molecular formula is C32H38F3N3O5S. The molecule has 2 amide bonds. The second kappa shape index (κ2) is 14.6. The Hall–Kier alpha value is -4.06. The van der Waals surface area contributed by atoms with Crippen molar-refractivity contribution in [3.05, 3.63) is 89.5 Å². The summed E-state index contributed by atoms with van der Waals surface area (Å²) in [6.07, 6.45) is -4.55. The second-order valence-corrected chi connectivity index (χ2v) is 12.7. The summed E-state index contributed by atoms with van der Waals surface area (Å²) in [4.78, 5) is 28.5. The number of amides is 2. The second-order valence-electron chi connectivity index (χ2n) is 10.8. The van der Waals surface area contributed by atoms with Gasteiger partial charge in [0.05, 0.1) is 23.3 Å². The first kappa shape index (κ1) is 34.4. The van der Waals surface area contributed by atoms with Gasteiger partial charge in [0.15, 0.2) is 0 Å². The van der Waals surface area contributed by atoms with Crippen molar-refractivity contribution in [2.75, 3.05) is 24.5 Å². The van der Waals surface area contributed by atoms with Crippen molar-refractivity contribution in [3.8, 4) is 5.75 Å². The molecule has 0 unspecified atom stereocenters. The Bertz CT molecular complexity index is 1540. The molecule has 3 aromatic carbocycles. The Kier molecular flexibility index (Phi) is 11.4. The van der Waals surface area contributed by atoms with Gasteiger partial charge in [-0.15, -0.1) is 0 Å². The number of methoxy groups -OCH3 is 1. The minimum Gasteiger partial charge on any atom is -0.497 e. The van der Waals surface area contributed by atoms with Gasteiger partial charge in [-0.1, -0.05) is 56.7 Å². The minimum atomic E-state index is -4.75. The topological polar surface area (TPSA) is 96.0 Å². The van der Waals surface area contributed by atoms with E-state index in [4.69, 9.17) is 4.74 Å². The molecule has 0 aromatic heterocycles. The summed E-state index contributed by atoms with van der Waals surface area (Å²) >= 11 is 0. The molecule has 0 radical (unpaired) electrons. The molecule has 1 atom stereocenters. The van der Waals surface area contributed by atoms with Crippen molar-refractivity contribution in [2.45, 2.75) is 57.8 Å². The molecule has 12 heteroatoms. The van der Waals surface area contributed by atoms with E-state index in [0.717, 1.165) is 17.7 Å². The van der Waals surface area contributed by atoms with Crippen LogP contribution in [0.2, 0.25) is 0 Å². The molecule has 3 rings (SSSR count). The van der Waals surface area contributed by atoms with E-state index in [1.807, 2.05) is 13.8 Å². The van der Waals surface area contributed by atoms with Crippen molar-refractivity contribution in [2.24, 2.45) is 5.92 Å². The van der Waals surface area contributed by atoms with Gasteiger partial charge in [0.25, 0.3) is 10.0 Å². The van der Waals surface area contributed by atoms with Gasteiger partial charge in [-0.25, -0.2) is 8.42 Å². The molecular weight excluding hydrogens is 595 g/mol. The number of ether oxygens (including phenoxy) is 1. The first-order valence-corrected chi connectivity index (χ1v) is 15.6. The summed E-state index contributed by atoms with van der Waals surface area (Å²) in [5.41, 5.74) is -0.0280. The number of sulfonamides is 1. The molecule has 238 valence electrons. The zero-order chi connectivity index (χ0) is 32.7. The number of carbonyl (C=O) groups is 2. The van der Waals surface area contributed by atoms with Crippen molar-refractivity contribution in [1.82, 2.24) is 10.2 Å². The van der Waals surface area contributed by atoms with Crippen LogP contribution in [-0.4, -0.2) is 51.4 Å². The number of rotatable bonds is 13. The molecule has 3 aromatic rings. The van der Waals surface area contributed by atoms with E-state index in [1.54, 1.807) is 50.2 Å². The Morgan fingerprint density at radius 3 is 2.23 bits per heavy atom. The molecule has 0 fully saturated rings. The number of hydrogen-bond acceptors (Lipinski definition) is 5. The van der Waals surface area contributed by atoms with Gasteiger partial charge in [0, 0.05) is 13.1 Å². The molecule has 0 aliphatic rings. The first-order chi connectivity index (χ1) is 20.7. The number of benzene rings is 3. The van der Waals surface area contributed by atoms with Crippen molar-refractivity contribution >= 4 is 27.5 Å². The van der Waals surface area contributed by atoms with Crippen molar-refractivity contribution in [1.29, 1.82) is 0 Å². The average molecular weight is 634 g/mol. The van der Waals surface area contributed by atoms with Crippen LogP contribution in [0.25, 0.3) is 0 Å². The Balaban J connectivity index is 2.12. The smallest absolute Gasteiger partial charge is 0.416 e. The predicted molar refractivity (Wildman–Crippen MR) is 163 cm³/mol. The fraction of sp³-hybridized carbons (Fsp3) is 0.375. The van der Waals surface area contributed by atoms with Gasteiger partial charge >= 0.3 is 6.18 Å². The normalized spacial score (nSPS) is 12.5. The van der Waals surface area contributed by atoms with Crippen LogP contribution in [0.4, 0.5) is 18.9 Å². The monoisotopic (exact) mass is 633 g/mol. The van der Waals surface area contributed by atoms with Gasteiger partial charge in [0.1, 0.15) is 18.3 Å². The fourth-order valence-electron chi connectivity index (χ4n) is 4.51. The zero-order valence-corrected chi connectivity index (χ0v) is 26.2. The summed E-state index contributed by atoms with van der Waals surface area (Å²) in [5, 5.41) is 2.83. The number of anilines is 1. The van der Waals surface area contributed by atoms with Crippen LogP contribution < -0.4 is 14.4 Å². The van der Waals surface area contributed by atoms with Crippen LogP contribution in [-0.2, 0) is 32.3 Å². The van der Waals surface area contributed by atoms with Gasteiger partial charge in [-0.2, -0.15) is 13.2 Å². The maximum absolute atomic E-state index is 14.1. The third-order valence-electron chi connectivity index (χ3n) is 6.91. The summed E-state index contributed by atoms with van der Waals surface area (Å²) in [7, 11) is -3.04. The first-order valence-electron chi connectivity index (χ1n) is 14.1. The van der Waals surface area contributed by atoms with Crippen LogP contribution in [0.5, 0.6) is 5.75 Å². The molecule has 0 bridgehead atoms. The third kappa shape index (κ3) is 8.75. The standard InChI is InChI=1S/C32H38F3N3O5S/c1-6-29(31(40)36-19-22(2)3)37(20-24-9-7-12-27(17-24)43-5)30(39)21-38(26-11-8-10-25(18-26)32(33,34)35)44(41,42)28-15-13-23(4)14-16-28/h7-18,22,29H,6,19-21H2,1-5H3,(H,36,40)/t29-/m1/s1. The Labute approximate surface area is 256 Å². The lowest BCUT2D eigenvalue weighted by molar-refractivity contribution is -0.140. The maximum Gasteiger partial charge on any atom is 0.416 e. The predicted octanol–water partition coefficient (Wildman–Crippen LogP) is 5.80. The number of carbonyl (C=O) groups excluding carboxylic acids is 2. The van der Waals surface area contributed by atoms with Gasteiger partial charge < -0.3 is 15.0 Å². The van der Waals surface area contributed by atoms with E-state index < -0.39 is 46.2 Å². The van der Waals surface area contributed by atoms with Gasteiger partial charge in [-0.3, -0.25) is 13.9 Å². The quantitative estimate of drug-likeness (QED) is 0.257. The third-order valence-corrected chi connectivity index (χ3v) is 8.69. The maximum atomic E-state index is 14.1. The number of hydrogen-bond donors (Lipinski definition) is 1. The van der Waals surface area contributed by atoms with E-state index >= 15 is 0 Å². The fourth-order valence-corrected chi connectivity index (χ4v) is 5.92. The number of aryl methyl sites for hydroxylation is 1. The van der Waals surface area contributed by atoms with Gasteiger partial charge in [-0.05, 0) is 67.3 Å². The summed E-state index contributed by atoms with van der Waals surface area (Å²) in [6.45, 7) is 6.75. The van der Waals surface area contributed by atoms with Crippen LogP contribution in [0.3, 0.4) is 0 Å². The molecule has 0 aliphatic heterocycles. The largest absolute Gasteiger partial charge is 0.497 e. The number of nitrogens with zero attached hydrogens (tertiary/aromatic N) is 2. The lowest BCUT2D eigenvalue weighted by Gasteiger charge is -2.33. The van der Waals surface area contributed by atoms with Gasteiger partial charge in [0.2, 0.25) is 11.8 Å². The minimum absolute atomic E-state index is 0.0787. The average Bonchev–Trinajstić information content (AvgIpc) is 2.98. The molecule has 1 N–H and O–H groups in total. The van der Waals surface area contributed by atoms with E-state index in [9.17, 15) is 31.2 Å². The Morgan fingerprint density at radius 1 is 0.977 bits per heavy atom. The number of nitrogens with one attached hydrogen (secondary N) is 1. The number of halogens is 3. The van der Waals surface area contributed by atoms with Crippen LogP contribution in [0.15, 0.2) is 77.7 Å². The van der Waals surface area contributed by atoms with E-state index in [0.29, 0.717) is 28.2 Å². The molecule has 0 aliphatic carbocycles. The van der Waals surface area contributed by atoms with Crippen LogP contribution >= 0.6 is 0 Å². The van der Waals surface area contributed by atoms with E-state index in [-0.39, 0.29) is 29.5 Å². The Morgan fingerprint density at radius 2 is 1.64 bits per heavy atom. The molecule has 0 saturated carbocycles. The lowest BCUT2D eigenvalue weighted by Crippen LogP contribution is -2.52. The highest BCUT2D eigenvalue weighted by molar-refractivity contribution is 7.92. The summed E-state index contributed by atoms with van der Waals surface area (Å²) < 4.78 is 74.8. The van der Waals surface area contributed by atoms with E-state index in [2.05, 4.69) is 5.32 Å². The highest BCUT2D eigenvalue weighted by Crippen LogP contribution is 2.33. The molecule has 0 heterocycles. The molecule has 44 heavy (non-hydrogen) atoms. The van der Waals surface area contributed by atoms with Crippen molar-refractivity contribution in [3.63, 3.8) is 0 Å². The van der Waals surface area contributed by atoms with Crippen molar-refractivity contribution < 1.29 is 35.9 Å². The van der Waals surface area contributed by atoms with Crippen LogP contribution in [0, 0.1) is 12.8 Å². The number of alkyl halides is 3. The SMILES string of the molecule is CC[C@H](C(=O)NCC(C)C)N(Cc1cccc(OC)c1)C(=O)CN(c1cccc(C(F)(F)F)c1)S(=O)(=O)c1ccc(C)cc1. The zero-order valence-electron chi connectivity index (χ0n) is 25.4. The van der Waals surface area contributed by atoms with E-state index in [1.165, 1.54) is 30.2 Å². The molecule has 0 spiro atoms. The lowest BCUT2D eigenvalue weighted by atomic mass is 10.1. The summed E-state index contributed by atoms with van der Waals surface area (Å²) in [5.74, 6) is -0.549. The molecule has 0 saturated heterocycles. The summed E-state index contributed by atoms with van der Waals surface area (Å²) in [6, 6.07) is 15.4. The highest BCUT2D eigenvalue weighted by Gasteiger charge is 2.36.